The summed E-state index contributed by atoms with van der Waals surface area (Å²) in [6.07, 6.45) is 1.86. The Balaban J connectivity index is 1.91. The minimum Gasteiger partial charge on any atom is -0.497 e. The van der Waals surface area contributed by atoms with Crippen LogP contribution in [-0.2, 0) is 0 Å². The Morgan fingerprint density at radius 2 is 1.87 bits per heavy atom. The molecular formula is C19H14N2OS. The van der Waals surface area contributed by atoms with Gasteiger partial charge >= 0.3 is 0 Å². The standard InChI is InChI=1S/C19H14N2OS/c1-22-17-9-7-15(8-10-17)18-13-23-19(21-18)16(12-20)11-14-5-3-2-4-6-14/h2-11,13H,1H3/b16-11+. The molecule has 0 fully saturated rings. The molecule has 1 aromatic heterocycles. The molecule has 112 valence electrons. The third-order valence-electron chi connectivity index (χ3n) is 3.35. The van der Waals surface area contributed by atoms with Gasteiger partial charge in [-0.25, -0.2) is 4.98 Å². The van der Waals surface area contributed by atoms with Crippen LogP contribution in [0.2, 0.25) is 0 Å². The summed E-state index contributed by atoms with van der Waals surface area (Å²) in [5.41, 5.74) is 3.43. The Morgan fingerprint density at radius 3 is 2.52 bits per heavy atom. The zero-order valence-electron chi connectivity index (χ0n) is 12.6. The number of thiazole rings is 1. The van der Waals surface area contributed by atoms with Crippen molar-refractivity contribution in [3.8, 4) is 23.1 Å². The van der Waals surface area contributed by atoms with Gasteiger partial charge in [0, 0.05) is 10.9 Å². The molecule has 0 aliphatic heterocycles. The van der Waals surface area contributed by atoms with Crippen molar-refractivity contribution >= 4 is 23.0 Å². The van der Waals surface area contributed by atoms with Crippen molar-refractivity contribution < 1.29 is 4.74 Å². The summed E-state index contributed by atoms with van der Waals surface area (Å²) in [6, 6.07) is 19.8. The first-order valence-electron chi connectivity index (χ1n) is 7.07. The van der Waals surface area contributed by atoms with Crippen LogP contribution in [0.4, 0.5) is 0 Å². The molecule has 4 heteroatoms. The fourth-order valence-electron chi connectivity index (χ4n) is 2.15. The first-order chi connectivity index (χ1) is 11.3. The van der Waals surface area contributed by atoms with Crippen molar-refractivity contribution in [2.45, 2.75) is 0 Å². The van der Waals surface area contributed by atoms with Crippen LogP contribution in [0.15, 0.2) is 60.0 Å². The van der Waals surface area contributed by atoms with Crippen LogP contribution in [-0.4, -0.2) is 12.1 Å². The minimum atomic E-state index is 0.570. The van der Waals surface area contributed by atoms with Crippen LogP contribution in [0.25, 0.3) is 22.9 Å². The van der Waals surface area contributed by atoms with E-state index in [-0.39, 0.29) is 0 Å². The van der Waals surface area contributed by atoms with Crippen LogP contribution in [0.1, 0.15) is 10.6 Å². The van der Waals surface area contributed by atoms with E-state index < -0.39 is 0 Å². The van der Waals surface area contributed by atoms with E-state index in [2.05, 4.69) is 11.1 Å². The third kappa shape index (κ3) is 3.47. The molecule has 23 heavy (non-hydrogen) atoms. The van der Waals surface area contributed by atoms with E-state index in [1.165, 1.54) is 11.3 Å². The maximum atomic E-state index is 9.42. The molecule has 0 bridgehead atoms. The predicted molar refractivity (Wildman–Crippen MR) is 94.0 cm³/mol. The third-order valence-corrected chi connectivity index (χ3v) is 4.23. The smallest absolute Gasteiger partial charge is 0.134 e. The molecule has 0 unspecified atom stereocenters. The molecule has 0 aliphatic carbocycles. The Kier molecular flexibility index (Phi) is 4.51. The molecule has 0 radical (unpaired) electrons. The predicted octanol–water partition coefficient (Wildman–Crippen LogP) is 4.88. The molecule has 1 heterocycles. The van der Waals surface area contributed by atoms with Gasteiger partial charge in [-0.2, -0.15) is 5.26 Å². The molecular weight excluding hydrogens is 304 g/mol. The van der Waals surface area contributed by atoms with Crippen molar-refractivity contribution in [3.05, 3.63) is 70.5 Å². The zero-order valence-corrected chi connectivity index (χ0v) is 13.4. The van der Waals surface area contributed by atoms with Gasteiger partial charge in [-0.1, -0.05) is 30.3 Å². The van der Waals surface area contributed by atoms with Gasteiger partial charge in [-0.3, -0.25) is 0 Å². The van der Waals surface area contributed by atoms with Crippen LogP contribution in [0, 0.1) is 11.3 Å². The Bertz CT molecular complexity index is 858. The molecule has 2 aromatic carbocycles. The number of hydrogen-bond acceptors (Lipinski definition) is 4. The number of ether oxygens (including phenoxy) is 1. The van der Waals surface area contributed by atoms with Crippen molar-refractivity contribution in [2.75, 3.05) is 7.11 Å². The van der Waals surface area contributed by atoms with E-state index >= 15 is 0 Å². The van der Waals surface area contributed by atoms with Gasteiger partial charge in [-0.05, 0) is 35.9 Å². The molecule has 3 nitrogen and oxygen atoms in total. The molecule has 0 atom stereocenters. The zero-order chi connectivity index (χ0) is 16.1. The van der Waals surface area contributed by atoms with E-state index in [9.17, 15) is 5.26 Å². The lowest BCUT2D eigenvalue weighted by atomic mass is 10.1. The average molecular weight is 318 g/mol. The van der Waals surface area contributed by atoms with Crippen LogP contribution >= 0.6 is 11.3 Å². The van der Waals surface area contributed by atoms with E-state index in [0.29, 0.717) is 5.57 Å². The van der Waals surface area contributed by atoms with E-state index in [1.807, 2.05) is 66.1 Å². The summed E-state index contributed by atoms with van der Waals surface area (Å²) in [7, 11) is 1.64. The highest BCUT2D eigenvalue weighted by Gasteiger charge is 2.09. The van der Waals surface area contributed by atoms with Crippen LogP contribution in [0.3, 0.4) is 0 Å². The van der Waals surface area contributed by atoms with Gasteiger partial charge in [-0.15, -0.1) is 11.3 Å². The first-order valence-corrected chi connectivity index (χ1v) is 7.95. The maximum Gasteiger partial charge on any atom is 0.134 e. The molecule has 0 spiro atoms. The number of nitrogens with zero attached hydrogens (tertiary/aromatic N) is 2. The molecule has 0 saturated carbocycles. The van der Waals surface area contributed by atoms with Gasteiger partial charge in [0.2, 0.25) is 0 Å². The van der Waals surface area contributed by atoms with E-state index in [0.717, 1.165) is 27.6 Å². The number of hydrogen-bond donors (Lipinski definition) is 0. The quantitative estimate of drug-likeness (QED) is 0.644. The lowest BCUT2D eigenvalue weighted by Crippen LogP contribution is -1.84. The van der Waals surface area contributed by atoms with Crippen LogP contribution in [0.5, 0.6) is 5.75 Å². The monoisotopic (exact) mass is 318 g/mol. The Morgan fingerprint density at radius 1 is 1.13 bits per heavy atom. The fourth-order valence-corrected chi connectivity index (χ4v) is 2.94. The summed E-state index contributed by atoms with van der Waals surface area (Å²) in [5.74, 6) is 0.811. The van der Waals surface area contributed by atoms with Gasteiger partial charge in [0.15, 0.2) is 0 Å². The Hall–Kier alpha value is -2.90. The largest absolute Gasteiger partial charge is 0.497 e. The minimum absolute atomic E-state index is 0.570. The lowest BCUT2D eigenvalue weighted by molar-refractivity contribution is 0.415. The van der Waals surface area contributed by atoms with Crippen molar-refractivity contribution in [3.63, 3.8) is 0 Å². The van der Waals surface area contributed by atoms with Gasteiger partial charge in [0.25, 0.3) is 0 Å². The van der Waals surface area contributed by atoms with Crippen LogP contribution < -0.4 is 4.74 Å². The van der Waals surface area contributed by atoms with E-state index in [4.69, 9.17) is 4.74 Å². The second-order valence-electron chi connectivity index (χ2n) is 4.85. The maximum absolute atomic E-state index is 9.42. The summed E-state index contributed by atoms with van der Waals surface area (Å²) in [4.78, 5) is 4.59. The van der Waals surface area contributed by atoms with Crippen molar-refractivity contribution in [1.29, 1.82) is 5.26 Å². The number of nitriles is 1. The van der Waals surface area contributed by atoms with Crippen molar-refractivity contribution in [2.24, 2.45) is 0 Å². The van der Waals surface area contributed by atoms with Gasteiger partial charge in [0.1, 0.15) is 16.8 Å². The number of methoxy groups -OCH3 is 1. The normalized spacial score (nSPS) is 11.0. The highest BCUT2D eigenvalue weighted by molar-refractivity contribution is 7.11. The molecule has 3 aromatic rings. The van der Waals surface area contributed by atoms with Gasteiger partial charge < -0.3 is 4.74 Å². The summed E-state index contributed by atoms with van der Waals surface area (Å²) in [5, 5.41) is 12.1. The number of allylic oxidation sites excluding steroid dienone is 1. The van der Waals surface area contributed by atoms with Gasteiger partial charge in [0.05, 0.1) is 18.4 Å². The van der Waals surface area contributed by atoms with E-state index in [1.54, 1.807) is 7.11 Å². The average Bonchev–Trinajstić information content (AvgIpc) is 3.10. The molecule has 0 aliphatic rings. The molecule has 0 N–H and O–H groups in total. The summed E-state index contributed by atoms with van der Waals surface area (Å²) >= 11 is 1.47. The fraction of sp³-hybridized carbons (Fsp3) is 0.0526. The van der Waals surface area contributed by atoms with Crippen molar-refractivity contribution in [1.82, 2.24) is 4.98 Å². The molecule has 0 saturated heterocycles. The number of rotatable bonds is 4. The second kappa shape index (κ2) is 6.91. The molecule has 0 amide bonds. The lowest BCUT2D eigenvalue weighted by Gasteiger charge is -2.00. The second-order valence-corrected chi connectivity index (χ2v) is 5.71. The number of benzene rings is 2. The Labute approximate surface area is 139 Å². The highest BCUT2D eigenvalue weighted by Crippen LogP contribution is 2.28. The first kappa shape index (κ1) is 15.0. The highest BCUT2D eigenvalue weighted by atomic mass is 32.1. The summed E-state index contributed by atoms with van der Waals surface area (Å²) < 4.78 is 5.16. The molecule has 3 rings (SSSR count). The topological polar surface area (TPSA) is 45.9 Å². The SMILES string of the molecule is COc1ccc(-c2csc(/C(C#N)=C/c3ccccc3)n2)cc1. The number of aromatic nitrogens is 1. The summed E-state index contributed by atoms with van der Waals surface area (Å²) in [6.45, 7) is 0.